The van der Waals surface area contributed by atoms with Crippen molar-refractivity contribution in [3.8, 4) is 11.3 Å². The Bertz CT molecular complexity index is 508. The van der Waals surface area contributed by atoms with E-state index in [1.807, 2.05) is 0 Å². The van der Waals surface area contributed by atoms with Crippen LogP contribution >= 0.6 is 0 Å². The third-order valence-electron chi connectivity index (χ3n) is 1.84. The van der Waals surface area contributed by atoms with Gasteiger partial charge in [0.05, 0.1) is 11.9 Å². The van der Waals surface area contributed by atoms with Crippen LogP contribution in [0.1, 0.15) is 10.5 Å². The fourth-order valence-electron chi connectivity index (χ4n) is 1.15. The Balaban J connectivity index is 2.41. The van der Waals surface area contributed by atoms with Crippen molar-refractivity contribution in [3.63, 3.8) is 0 Å². The molecule has 0 aliphatic rings. The molecule has 0 bridgehead atoms. The molecular weight excluding hydrogens is 199 g/mol. The number of hydrogen-bond donors (Lipinski definition) is 2. The third kappa shape index (κ3) is 1.83. The van der Waals surface area contributed by atoms with E-state index in [1.165, 1.54) is 18.3 Å². The molecule has 2 aromatic rings. The third-order valence-corrected chi connectivity index (χ3v) is 1.84. The highest BCUT2D eigenvalue weighted by molar-refractivity contribution is 5.91. The predicted molar refractivity (Wildman–Crippen MR) is 50.3 cm³/mol. The lowest BCUT2D eigenvalue weighted by Gasteiger charge is -1.93. The van der Waals surface area contributed by atoms with Gasteiger partial charge in [-0.25, -0.2) is 4.39 Å². The van der Waals surface area contributed by atoms with E-state index in [4.69, 9.17) is 5.73 Å². The van der Waals surface area contributed by atoms with Gasteiger partial charge in [0, 0.05) is 11.8 Å². The summed E-state index contributed by atoms with van der Waals surface area (Å²) < 4.78 is 12.8. The van der Waals surface area contributed by atoms with Gasteiger partial charge in [0.25, 0.3) is 5.91 Å². The molecule has 0 aromatic carbocycles. The number of aromatic amines is 1. The van der Waals surface area contributed by atoms with Crippen LogP contribution in [-0.2, 0) is 0 Å². The van der Waals surface area contributed by atoms with Gasteiger partial charge in [-0.2, -0.15) is 5.10 Å². The van der Waals surface area contributed by atoms with Crippen molar-refractivity contribution in [3.05, 3.63) is 36.0 Å². The molecule has 0 fully saturated rings. The maximum Gasteiger partial charge on any atom is 0.266 e. The number of rotatable bonds is 2. The molecule has 15 heavy (non-hydrogen) atoms. The molecule has 2 aromatic heterocycles. The number of primary amides is 1. The fraction of sp³-hybridized carbons (Fsp3) is 0. The number of carbonyl (C=O) groups is 1. The van der Waals surface area contributed by atoms with E-state index in [9.17, 15) is 9.18 Å². The molecule has 2 heterocycles. The van der Waals surface area contributed by atoms with Crippen molar-refractivity contribution >= 4 is 5.91 Å². The Morgan fingerprint density at radius 1 is 1.40 bits per heavy atom. The Morgan fingerprint density at radius 2 is 2.20 bits per heavy atom. The highest BCUT2D eigenvalue weighted by Gasteiger charge is 2.08. The molecule has 5 nitrogen and oxygen atoms in total. The number of hydrogen-bond acceptors (Lipinski definition) is 3. The summed E-state index contributed by atoms with van der Waals surface area (Å²) in [6.45, 7) is 0. The standard InChI is InChI=1S/C9H7FN4O/c10-6-1-5(3-12-4-6)7-2-8(9(11)15)14-13-7/h1-4H,(H2,11,15)(H,13,14). The topological polar surface area (TPSA) is 84.7 Å². The van der Waals surface area contributed by atoms with Crippen LogP contribution in [-0.4, -0.2) is 21.1 Å². The van der Waals surface area contributed by atoms with Crippen LogP contribution in [0.25, 0.3) is 11.3 Å². The number of pyridine rings is 1. The van der Waals surface area contributed by atoms with E-state index >= 15 is 0 Å². The molecule has 0 radical (unpaired) electrons. The Kier molecular flexibility index (Phi) is 2.17. The number of amides is 1. The molecule has 0 spiro atoms. The second-order valence-electron chi connectivity index (χ2n) is 2.92. The van der Waals surface area contributed by atoms with E-state index in [0.717, 1.165) is 6.20 Å². The van der Waals surface area contributed by atoms with Gasteiger partial charge in [0.1, 0.15) is 11.5 Å². The van der Waals surface area contributed by atoms with E-state index in [-0.39, 0.29) is 5.69 Å². The van der Waals surface area contributed by atoms with Gasteiger partial charge in [-0.15, -0.1) is 0 Å². The first kappa shape index (κ1) is 9.32. The number of halogens is 1. The van der Waals surface area contributed by atoms with Crippen LogP contribution in [0, 0.1) is 5.82 Å². The molecule has 6 heteroatoms. The van der Waals surface area contributed by atoms with Gasteiger partial charge in [0.15, 0.2) is 0 Å². The highest BCUT2D eigenvalue weighted by Crippen LogP contribution is 2.16. The van der Waals surface area contributed by atoms with Crippen LogP contribution in [0.2, 0.25) is 0 Å². The van der Waals surface area contributed by atoms with E-state index < -0.39 is 11.7 Å². The maximum atomic E-state index is 12.8. The summed E-state index contributed by atoms with van der Waals surface area (Å²) in [7, 11) is 0. The van der Waals surface area contributed by atoms with E-state index in [0.29, 0.717) is 11.3 Å². The summed E-state index contributed by atoms with van der Waals surface area (Å²) in [5.74, 6) is -1.07. The molecule has 0 unspecified atom stereocenters. The van der Waals surface area contributed by atoms with Crippen molar-refractivity contribution in [1.82, 2.24) is 15.2 Å². The Hall–Kier alpha value is -2.24. The average Bonchev–Trinajstić information content (AvgIpc) is 2.66. The number of aromatic nitrogens is 3. The molecule has 0 saturated carbocycles. The molecular formula is C9H7FN4O. The van der Waals surface area contributed by atoms with Crippen molar-refractivity contribution in [2.45, 2.75) is 0 Å². The monoisotopic (exact) mass is 206 g/mol. The SMILES string of the molecule is NC(=O)c1cc(-c2cncc(F)c2)n[nH]1. The molecule has 0 atom stereocenters. The Labute approximate surface area is 84.1 Å². The lowest BCUT2D eigenvalue weighted by atomic mass is 10.2. The summed E-state index contributed by atoms with van der Waals surface area (Å²) >= 11 is 0. The van der Waals surface area contributed by atoms with Crippen LogP contribution in [0.3, 0.4) is 0 Å². The zero-order chi connectivity index (χ0) is 10.8. The Morgan fingerprint density at radius 3 is 2.80 bits per heavy atom. The number of nitrogens with one attached hydrogen (secondary N) is 1. The number of nitrogens with zero attached hydrogens (tertiary/aromatic N) is 2. The van der Waals surface area contributed by atoms with Gasteiger partial charge in [-0.05, 0) is 12.1 Å². The zero-order valence-electron chi connectivity index (χ0n) is 7.57. The normalized spacial score (nSPS) is 10.2. The first-order valence-corrected chi connectivity index (χ1v) is 4.13. The molecule has 2 rings (SSSR count). The highest BCUT2D eigenvalue weighted by atomic mass is 19.1. The van der Waals surface area contributed by atoms with Crippen LogP contribution < -0.4 is 5.73 Å². The second kappa shape index (κ2) is 3.49. The van der Waals surface area contributed by atoms with Gasteiger partial charge in [-0.3, -0.25) is 14.9 Å². The zero-order valence-corrected chi connectivity index (χ0v) is 7.57. The van der Waals surface area contributed by atoms with Crippen LogP contribution in [0.5, 0.6) is 0 Å². The molecule has 0 saturated heterocycles. The largest absolute Gasteiger partial charge is 0.364 e. The first-order chi connectivity index (χ1) is 7.16. The number of nitrogens with two attached hydrogens (primary N) is 1. The lowest BCUT2D eigenvalue weighted by molar-refractivity contribution is 0.0995. The quantitative estimate of drug-likeness (QED) is 0.758. The molecule has 3 N–H and O–H groups in total. The first-order valence-electron chi connectivity index (χ1n) is 4.13. The van der Waals surface area contributed by atoms with Crippen molar-refractivity contribution in [2.24, 2.45) is 5.73 Å². The lowest BCUT2D eigenvalue weighted by Crippen LogP contribution is -2.10. The van der Waals surface area contributed by atoms with Crippen molar-refractivity contribution < 1.29 is 9.18 Å². The van der Waals surface area contributed by atoms with Crippen LogP contribution in [0.4, 0.5) is 4.39 Å². The summed E-state index contributed by atoms with van der Waals surface area (Å²) in [5.41, 5.74) is 6.12. The minimum Gasteiger partial charge on any atom is -0.364 e. The summed E-state index contributed by atoms with van der Waals surface area (Å²) in [6.07, 6.45) is 2.54. The summed E-state index contributed by atoms with van der Waals surface area (Å²) in [6, 6.07) is 2.72. The van der Waals surface area contributed by atoms with Gasteiger partial charge < -0.3 is 5.73 Å². The summed E-state index contributed by atoms with van der Waals surface area (Å²) in [4.78, 5) is 14.4. The molecule has 0 aliphatic heterocycles. The fourth-order valence-corrected chi connectivity index (χ4v) is 1.15. The van der Waals surface area contributed by atoms with E-state index in [2.05, 4.69) is 15.2 Å². The molecule has 76 valence electrons. The maximum absolute atomic E-state index is 12.8. The smallest absolute Gasteiger partial charge is 0.266 e. The van der Waals surface area contributed by atoms with Crippen molar-refractivity contribution in [1.29, 1.82) is 0 Å². The number of carbonyl (C=O) groups excluding carboxylic acids is 1. The number of H-pyrrole nitrogens is 1. The molecule has 0 aliphatic carbocycles. The minimum atomic E-state index is -0.613. The van der Waals surface area contributed by atoms with Gasteiger partial charge in [0.2, 0.25) is 0 Å². The summed E-state index contributed by atoms with van der Waals surface area (Å²) in [5, 5.41) is 6.26. The van der Waals surface area contributed by atoms with E-state index in [1.54, 1.807) is 0 Å². The average molecular weight is 206 g/mol. The molecule has 1 amide bonds. The van der Waals surface area contributed by atoms with Gasteiger partial charge in [-0.1, -0.05) is 0 Å². The van der Waals surface area contributed by atoms with Crippen molar-refractivity contribution in [2.75, 3.05) is 0 Å². The van der Waals surface area contributed by atoms with Gasteiger partial charge >= 0.3 is 0 Å². The predicted octanol–water partition coefficient (Wildman–Crippen LogP) is 0.710. The minimum absolute atomic E-state index is 0.175. The second-order valence-corrected chi connectivity index (χ2v) is 2.92. The van der Waals surface area contributed by atoms with Crippen LogP contribution in [0.15, 0.2) is 24.5 Å².